The van der Waals surface area contributed by atoms with Crippen molar-refractivity contribution in [1.29, 1.82) is 0 Å². The molecular weight excluding hydrogens is 282 g/mol. The van der Waals surface area contributed by atoms with E-state index in [0.717, 1.165) is 6.26 Å². The molecule has 0 heterocycles. The zero-order chi connectivity index (χ0) is 13.5. The van der Waals surface area contributed by atoms with Crippen LogP contribution in [0, 0.1) is 0 Å². The molecule has 0 saturated heterocycles. The minimum absolute atomic E-state index is 0.0375. The van der Waals surface area contributed by atoms with Crippen LogP contribution < -0.4 is 0 Å². The maximum atomic E-state index is 12.9. The predicted molar refractivity (Wildman–Crippen MR) is 74.3 cm³/mol. The van der Waals surface area contributed by atoms with Crippen molar-refractivity contribution in [2.24, 2.45) is 0 Å². The topological polar surface area (TPSA) is 32.8 Å². The molecule has 0 saturated carbocycles. The first-order valence-electron chi connectivity index (χ1n) is 5.76. The summed E-state index contributed by atoms with van der Waals surface area (Å²) in [6.45, 7) is 10.3. The van der Waals surface area contributed by atoms with Gasteiger partial charge in [-0.05, 0) is 0 Å². The molecule has 0 N–H and O–H groups in total. The molecule has 0 spiro atoms. The molecule has 0 aromatic heterocycles. The largest absolute Gasteiger partial charge is 0.427 e. The Kier molecular flexibility index (Phi) is 8.52. The van der Waals surface area contributed by atoms with Gasteiger partial charge in [0.05, 0.1) is 0 Å². The third kappa shape index (κ3) is 4.80. The normalized spacial score (nSPS) is 12.0. The van der Waals surface area contributed by atoms with Gasteiger partial charge in [-0.25, -0.2) is 13.9 Å². The van der Waals surface area contributed by atoms with E-state index in [-0.39, 0.29) is 4.49 Å². The molecule has 0 fully saturated rings. The van der Waals surface area contributed by atoms with Gasteiger partial charge in [0.15, 0.2) is 0 Å². The van der Waals surface area contributed by atoms with Gasteiger partial charge in [0.25, 0.3) is 0 Å². The van der Waals surface area contributed by atoms with Crippen LogP contribution in [-0.4, -0.2) is 35.5 Å². The lowest BCUT2D eigenvalue weighted by atomic mass is 10.7. The summed E-state index contributed by atoms with van der Waals surface area (Å²) in [5, 5.41) is 0. The van der Waals surface area contributed by atoms with Gasteiger partial charge >= 0.3 is 7.67 Å². The summed E-state index contributed by atoms with van der Waals surface area (Å²) in [5.74, 6) is 0. The van der Waals surface area contributed by atoms with Crippen molar-refractivity contribution in [1.82, 2.24) is 9.34 Å². The third-order valence-electron chi connectivity index (χ3n) is 2.45. The van der Waals surface area contributed by atoms with Crippen molar-refractivity contribution in [2.45, 2.75) is 27.7 Å². The Balaban J connectivity index is 5.18. The zero-order valence-electron chi connectivity index (χ0n) is 10.8. The second-order valence-corrected chi connectivity index (χ2v) is 6.61. The molecule has 0 atom stereocenters. The van der Waals surface area contributed by atoms with E-state index in [1.165, 1.54) is 0 Å². The molecule has 0 aliphatic heterocycles. The van der Waals surface area contributed by atoms with E-state index >= 15 is 0 Å². The van der Waals surface area contributed by atoms with Crippen LogP contribution in [0.2, 0.25) is 0 Å². The highest BCUT2D eigenvalue weighted by atomic mass is 35.5. The molecule has 0 rings (SSSR count). The van der Waals surface area contributed by atoms with Gasteiger partial charge in [0.1, 0.15) is 10.8 Å². The molecule has 0 amide bonds. The van der Waals surface area contributed by atoms with E-state index < -0.39 is 7.67 Å². The molecule has 102 valence electrons. The van der Waals surface area contributed by atoms with Gasteiger partial charge in [0.2, 0.25) is 0 Å². The highest BCUT2D eigenvalue weighted by molar-refractivity contribution is 7.54. The maximum absolute atomic E-state index is 12.9. The lowest BCUT2D eigenvalue weighted by Gasteiger charge is -2.35. The summed E-state index contributed by atoms with van der Waals surface area (Å²) in [6, 6.07) is 0. The Hall–Kier alpha value is 0.270. The third-order valence-corrected chi connectivity index (χ3v) is 5.57. The number of hydrogen-bond donors (Lipinski definition) is 0. The molecular formula is C10H21Cl2N2O2P. The van der Waals surface area contributed by atoms with Crippen LogP contribution in [0.15, 0.2) is 10.8 Å². The Morgan fingerprint density at radius 3 is 1.65 bits per heavy atom. The van der Waals surface area contributed by atoms with Crippen LogP contribution >= 0.6 is 30.9 Å². The summed E-state index contributed by atoms with van der Waals surface area (Å²) >= 11 is 11.0. The first-order valence-corrected chi connectivity index (χ1v) is 8.05. The number of nitrogens with zero attached hydrogens (tertiary/aromatic N) is 2. The lowest BCUT2D eigenvalue weighted by molar-refractivity contribution is 0.271. The van der Waals surface area contributed by atoms with Crippen LogP contribution in [-0.2, 0) is 9.09 Å². The molecule has 7 heteroatoms. The molecule has 0 aromatic carbocycles. The Morgan fingerprint density at radius 1 is 1.06 bits per heavy atom. The van der Waals surface area contributed by atoms with E-state index in [4.69, 9.17) is 27.7 Å². The predicted octanol–water partition coefficient (Wildman–Crippen LogP) is 4.07. The fourth-order valence-corrected chi connectivity index (χ4v) is 4.09. The van der Waals surface area contributed by atoms with E-state index in [0.29, 0.717) is 26.2 Å². The Morgan fingerprint density at radius 2 is 1.41 bits per heavy atom. The molecule has 0 aliphatic rings. The molecule has 0 aliphatic carbocycles. The van der Waals surface area contributed by atoms with Crippen LogP contribution in [0.3, 0.4) is 0 Å². The van der Waals surface area contributed by atoms with Crippen molar-refractivity contribution in [3.8, 4) is 0 Å². The smallest absolute Gasteiger partial charge is 0.395 e. The van der Waals surface area contributed by atoms with Crippen molar-refractivity contribution in [3.05, 3.63) is 10.8 Å². The number of rotatable bonds is 8. The summed E-state index contributed by atoms with van der Waals surface area (Å²) in [4.78, 5) is 0. The fourth-order valence-electron chi connectivity index (χ4n) is 1.58. The van der Waals surface area contributed by atoms with E-state index in [2.05, 4.69) is 0 Å². The average Bonchev–Trinajstić information content (AvgIpc) is 2.29. The summed E-state index contributed by atoms with van der Waals surface area (Å²) in [6.07, 6.45) is 1.14. The molecule has 17 heavy (non-hydrogen) atoms. The van der Waals surface area contributed by atoms with E-state index in [1.54, 1.807) is 9.34 Å². The van der Waals surface area contributed by atoms with Crippen LogP contribution in [0.4, 0.5) is 0 Å². The van der Waals surface area contributed by atoms with Crippen molar-refractivity contribution in [3.63, 3.8) is 0 Å². The second kappa shape index (κ2) is 8.39. The lowest BCUT2D eigenvalue weighted by Crippen LogP contribution is -2.32. The quantitative estimate of drug-likeness (QED) is 0.500. The van der Waals surface area contributed by atoms with Crippen LogP contribution in [0.5, 0.6) is 0 Å². The van der Waals surface area contributed by atoms with Gasteiger partial charge in [-0.15, -0.1) is 0 Å². The van der Waals surface area contributed by atoms with Crippen molar-refractivity contribution >= 4 is 30.9 Å². The molecule has 4 nitrogen and oxygen atoms in total. The molecule has 0 radical (unpaired) electrons. The van der Waals surface area contributed by atoms with Gasteiger partial charge < -0.3 is 4.52 Å². The van der Waals surface area contributed by atoms with E-state index in [1.807, 2.05) is 27.7 Å². The molecule has 0 aromatic rings. The molecule has 0 bridgehead atoms. The number of hydrogen-bond acceptors (Lipinski definition) is 2. The highest BCUT2D eigenvalue weighted by Crippen LogP contribution is 2.54. The Labute approximate surface area is 114 Å². The number of halogens is 2. The van der Waals surface area contributed by atoms with Gasteiger partial charge in [-0.2, -0.15) is 0 Å². The highest BCUT2D eigenvalue weighted by Gasteiger charge is 2.36. The minimum atomic E-state index is -3.07. The van der Waals surface area contributed by atoms with Crippen LogP contribution in [0.1, 0.15) is 27.7 Å². The first-order chi connectivity index (χ1) is 7.96. The van der Waals surface area contributed by atoms with Gasteiger partial charge in [-0.3, -0.25) is 0 Å². The van der Waals surface area contributed by atoms with Crippen molar-refractivity contribution in [2.75, 3.05) is 26.2 Å². The van der Waals surface area contributed by atoms with Gasteiger partial charge in [0, 0.05) is 26.2 Å². The molecule has 0 unspecified atom stereocenters. The summed E-state index contributed by atoms with van der Waals surface area (Å²) in [5.41, 5.74) is 0. The summed E-state index contributed by atoms with van der Waals surface area (Å²) in [7, 11) is -3.07. The van der Waals surface area contributed by atoms with Gasteiger partial charge in [-0.1, -0.05) is 50.9 Å². The van der Waals surface area contributed by atoms with E-state index in [9.17, 15) is 4.57 Å². The fraction of sp³-hybridized carbons (Fsp3) is 0.800. The first kappa shape index (κ1) is 17.3. The minimum Gasteiger partial charge on any atom is -0.427 e. The zero-order valence-corrected chi connectivity index (χ0v) is 13.2. The van der Waals surface area contributed by atoms with Crippen LogP contribution in [0.25, 0.3) is 0 Å². The SMILES string of the molecule is CCN(CC)P(=O)(OC=C(Cl)Cl)N(CC)CC. The second-order valence-electron chi connectivity index (χ2n) is 3.28. The van der Waals surface area contributed by atoms with Crippen molar-refractivity contribution < 1.29 is 9.09 Å². The Bertz CT molecular complexity index is 272. The monoisotopic (exact) mass is 302 g/mol. The summed E-state index contributed by atoms with van der Waals surface area (Å²) < 4.78 is 21.8. The maximum Gasteiger partial charge on any atom is 0.395 e. The standard InChI is InChI=1S/C10H21Cl2N2O2P/c1-5-13(6-2)17(15,14(7-3)8-4)16-9-10(11)12/h9H,5-8H2,1-4H3. The average molecular weight is 303 g/mol.